The maximum absolute atomic E-state index is 12.5. The van der Waals surface area contributed by atoms with Gasteiger partial charge in [-0.3, -0.25) is 14.3 Å². The highest BCUT2D eigenvalue weighted by atomic mass is 32.2. The average Bonchev–Trinajstić information content (AvgIpc) is 3.07. The summed E-state index contributed by atoms with van der Waals surface area (Å²) in [5, 5.41) is 9.38. The van der Waals surface area contributed by atoms with Crippen LogP contribution < -0.4 is 0 Å². The number of hydrogen-bond acceptors (Lipinski definition) is 6. The topological polar surface area (TPSA) is 73.1 Å². The molecule has 0 spiro atoms. The lowest BCUT2D eigenvalue weighted by Crippen LogP contribution is -2.40. The number of rotatable bonds is 7. The second-order valence-electron chi connectivity index (χ2n) is 6.56. The van der Waals surface area contributed by atoms with E-state index in [1.54, 1.807) is 19.5 Å². The number of amides is 1. The molecule has 0 unspecified atom stereocenters. The van der Waals surface area contributed by atoms with Gasteiger partial charge in [0.25, 0.3) is 0 Å². The number of pyridine rings is 1. The fourth-order valence-corrected chi connectivity index (χ4v) is 3.99. The molecular weight excluding hydrogens is 350 g/mol. The van der Waals surface area contributed by atoms with Crippen molar-refractivity contribution in [2.75, 3.05) is 32.6 Å². The summed E-state index contributed by atoms with van der Waals surface area (Å²) in [6.45, 7) is 5.12. The number of hydrogen-bond donors (Lipinski definition) is 0. The summed E-state index contributed by atoms with van der Waals surface area (Å²) in [4.78, 5) is 18.6. The molecule has 1 fully saturated rings. The predicted molar refractivity (Wildman–Crippen MR) is 101 cm³/mol. The average molecular weight is 375 g/mol. The fourth-order valence-electron chi connectivity index (χ4n) is 3.13. The van der Waals surface area contributed by atoms with Gasteiger partial charge in [0.05, 0.1) is 18.9 Å². The molecule has 0 saturated carbocycles. The van der Waals surface area contributed by atoms with Gasteiger partial charge in [-0.1, -0.05) is 18.7 Å². The molecule has 0 aromatic carbocycles. The van der Waals surface area contributed by atoms with E-state index >= 15 is 0 Å². The van der Waals surface area contributed by atoms with Crippen LogP contribution in [0.25, 0.3) is 11.4 Å². The van der Waals surface area contributed by atoms with E-state index in [0.717, 1.165) is 36.1 Å². The highest BCUT2D eigenvalue weighted by Gasteiger charge is 2.22. The minimum absolute atomic E-state index is 0.174. The number of thioether (sulfide) groups is 1. The Bertz CT molecular complexity index is 722. The monoisotopic (exact) mass is 375 g/mol. The van der Waals surface area contributed by atoms with Crippen molar-refractivity contribution in [2.24, 2.45) is 5.92 Å². The Morgan fingerprint density at radius 3 is 2.88 bits per heavy atom. The third kappa shape index (κ3) is 4.62. The molecule has 3 rings (SSSR count). The van der Waals surface area contributed by atoms with E-state index in [-0.39, 0.29) is 5.91 Å². The molecule has 3 heterocycles. The van der Waals surface area contributed by atoms with Crippen LogP contribution in [0.5, 0.6) is 0 Å². The molecule has 7 nitrogen and oxygen atoms in total. The lowest BCUT2D eigenvalue weighted by atomic mass is 10.0. The molecule has 0 N–H and O–H groups in total. The highest BCUT2D eigenvalue weighted by Crippen LogP contribution is 2.24. The van der Waals surface area contributed by atoms with Crippen LogP contribution in [-0.4, -0.2) is 63.1 Å². The second kappa shape index (κ2) is 9.14. The van der Waals surface area contributed by atoms with Crippen molar-refractivity contribution < 1.29 is 9.53 Å². The summed E-state index contributed by atoms with van der Waals surface area (Å²) in [5.41, 5.74) is 0.951. The summed E-state index contributed by atoms with van der Waals surface area (Å²) in [5.74, 6) is 1.91. The molecule has 0 radical (unpaired) electrons. The minimum atomic E-state index is 0.174. The standard InChI is InChI=1S/C18H25N5O2S/c1-14-4-3-9-22(12-14)16(24)13-26-18-21-20-17(23(18)10-11-25-2)15-5-7-19-8-6-15/h5-8,14H,3-4,9-13H2,1-2H3/t14-/m0/s1. The molecule has 26 heavy (non-hydrogen) atoms. The van der Waals surface area contributed by atoms with Crippen LogP contribution in [0.3, 0.4) is 0 Å². The van der Waals surface area contributed by atoms with Gasteiger partial charge in [0.2, 0.25) is 5.91 Å². The SMILES string of the molecule is COCCn1c(SCC(=O)N2CCC[C@H](C)C2)nnc1-c1ccncc1. The zero-order valence-electron chi connectivity index (χ0n) is 15.3. The second-order valence-corrected chi connectivity index (χ2v) is 7.50. The van der Waals surface area contributed by atoms with Gasteiger partial charge in [0.1, 0.15) is 0 Å². The lowest BCUT2D eigenvalue weighted by molar-refractivity contribution is -0.130. The van der Waals surface area contributed by atoms with Crippen molar-refractivity contribution >= 4 is 17.7 Å². The number of ether oxygens (including phenoxy) is 1. The molecule has 2 aromatic heterocycles. The molecule has 0 bridgehead atoms. The maximum atomic E-state index is 12.5. The number of carbonyl (C=O) groups excluding carboxylic acids is 1. The molecule has 1 amide bonds. The third-order valence-corrected chi connectivity index (χ3v) is 5.46. The van der Waals surface area contributed by atoms with E-state index in [0.29, 0.717) is 24.8 Å². The molecule has 1 aliphatic rings. The summed E-state index contributed by atoms with van der Waals surface area (Å²) >= 11 is 1.44. The van der Waals surface area contributed by atoms with Crippen molar-refractivity contribution in [3.63, 3.8) is 0 Å². The molecule has 0 aliphatic carbocycles. The molecular formula is C18H25N5O2S. The number of methoxy groups -OCH3 is 1. The van der Waals surface area contributed by atoms with E-state index < -0.39 is 0 Å². The van der Waals surface area contributed by atoms with Gasteiger partial charge in [-0.15, -0.1) is 10.2 Å². The van der Waals surface area contributed by atoms with Crippen molar-refractivity contribution in [2.45, 2.75) is 31.5 Å². The summed E-state index contributed by atoms with van der Waals surface area (Å²) < 4.78 is 7.23. The normalized spacial score (nSPS) is 17.5. The van der Waals surface area contributed by atoms with Crippen LogP contribution in [0.1, 0.15) is 19.8 Å². The van der Waals surface area contributed by atoms with Gasteiger partial charge < -0.3 is 9.64 Å². The maximum Gasteiger partial charge on any atom is 0.233 e. The zero-order chi connectivity index (χ0) is 18.4. The van der Waals surface area contributed by atoms with E-state index in [2.05, 4.69) is 22.1 Å². The minimum Gasteiger partial charge on any atom is -0.383 e. The Hall–Kier alpha value is -1.93. The van der Waals surface area contributed by atoms with Crippen molar-refractivity contribution in [3.05, 3.63) is 24.5 Å². The lowest BCUT2D eigenvalue weighted by Gasteiger charge is -2.30. The first kappa shape index (κ1) is 18.8. The van der Waals surface area contributed by atoms with Crippen molar-refractivity contribution in [1.82, 2.24) is 24.6 Å². The van der Waals surface area contributed by atoms with Gasteiger partial charge in [0, 0.05) is 38.2 Å². The molecule has 8 heteroatoms. The molecule has 1 aliphatic heterocycles. The predicted octanol–water partition coefficient (Wildman–Crippen LogP) is 2.34. The summed E-state index contributed by atoms with van der Waals surface area (Å²) in [6, 6.07) is 3.81. The Morgan fingerprint density at radius 2 is 2.15 bits per heavy atom. The number of aromatic nitrogens is 4. The van der Waals surface area contributed by atoms with E-state index in [4.69, 9.17) is 4.74 Å². The summed E-state index contributed by atoms with van der Waals surface area (Å²) in [7, 11) is 1.67. The van der Waals surface area contributed by atoms with E-state index in [1.807, 2.05) is 21.6 Å². The van der Waals surface area contributed by atoms with Crippen LogP contribution in [-0.2, 0) is 16.1 Å². The number of likely N-dealkylation sites (tertiary alicyclic amines) is 1. The van der Waals surface area contributed by atoms with Crippen LogP contribution in [0.15, 0.2) is 29.7 Å². The van der Waals surface area contributed by atoms with Gasteiger partial charge in [-0.25, -0.2) is 0 Å². The molecule has 1 atom stereocenters. The van der Waals surface area contributed by atoms with Crippen LogP contribution in [0.2, 0.25) is 0 Å². The quantitative estimate of drug-likeness (QED) is 0.692. The summed E-state index contributed by atoms with van der Waals surface area (Å²) in [6.07, 6.45) is 5.77. The number of nitrogens with zero attached hydrogens (tertiary/aromatic N) is 5. The van der Waals surface area contributed by atoms with Gasteiger partial charge in [-0.05, 0) is 30.9 Å². The van der Waals surface area contributed by atoms with E-state index in [9.17, 15) is 4.79 Å². The number of piperidine rings is 1. The third-order valence-electron chi connectivity index (χ3n) is 4.51. The first-order valence-electron chi connectivity index (χ1n) is 8.92. The van der Waals surface area contributed by atoms with Crippen molar-refractivity contribution in [3.8, 4) is 11.4 Å². The number of carbonyl (C=O) groups is 1. The van der Waals surface area contributed by atoms with Gasteiger partial charge >= 0.3 is 0 Å². The van der Waals surface area contributed by atoms with Crippen LogP contribution in [0.4, 0.5) is 0 Å². The first-order valence-corrected chi connectivity index (χ1v) is 9.90. The Morgan fingerprint density at radius 1 is 1.35 bits per heavy atom. The molecule has 140 valence electrons. The van der Waals surface area contributed by atoms with Gasteiger partial charge in [0.15, 0.2) is 11.0 Å². The van der Waals surface area contributed by atoms with Crippen LogP contribution >= 0.6 is 11.8 Å². The van der Waals surface area contributed by atoms with Gasteiger partial charge in [-0.2, -0.15) is 0 Å². The Kier molecular flexibility index (Phi) is 6.62. The van der Waals surface area contributed by atoms with Crippen LogP contribution in [0, 0.1) is 5.92 Å². The van der Waals surface area contributed by atoms with E-state index in [1.165, 1.54) is 18.2 Å². The Balaban J connectivity index is 1.70. The molecule has 2 aromatic rings. The Labute approximate surface area is 158 Å². The van der Waals surface area contributed by atoms with Crippen molar-refractivity contribution in [1.29, 1.82) is 0 Å². The fraction of sp³-hybridized carbons (Fsp3) is 0.556. The smallest absolute Gasteiger partial charge is 0.233 e. The zero-order valence-corrected chi connectivity index (χ0v) is 16.1. The first-order chi connectivity index (χ1) is 12.7. The molecule has 1 saturated heterocycles. The largest absolute Gasteiger partial charge is 0.383 e. The highest BCUT2D eigenvalue weighted by molar-refractivity contribution is 7.99.